The van der Waals surface area contributed by atoms with Crippen LogP contribution in [-0.4, -0.2) is 5.78 Å². The van der Waals surface area contributed by atoms with Crippen molar-refractivity contribution in [3.8, 4) is 11.5 Å². The van der Waals surface area contributed by atoms with Crippen LogP contribution in [0.3, 0.4) is 0 Å². The predicted molar refractivity (Wildman–Crippen MR) is 121 cm³/mol. The molecule has 2 atom stereocenters. The van der Waals surface area contributed by atoms with Crippen molar-refractivity contribution in [1.82, 2.24) is 0 Å². The Balaban J connectivity index is 1.66. The first kappa shape index (κ1) is 18.8. The van der Waals surface area contributed by atoms with E-state index in [0.717, 1.165) is 32.5 Å². The molecule has 6 heteroatoms. The molecular formula is C24H21N3O2S. The molecule has 1 heterocycles. The molecule has 0 spiro atoms. The number of nitrogens with two attached hydrogens (primary N) is 3. The molecule has 5 rings (SSSR count). The lowest BCUT2D eigenvalue weighted by molar-refractivity contribution is -0.124. The Morgan fingerprint density at radius 1 is 1.00 bits per heavy atom. The third-order valence-electron chi connectivity index (χ3n) is 5.81. The normalized spacial score (nSPS) is 20.5. The maximum absolute atomic E-state index is 13.5. The number of anilines is 1. The Labute approximate surface area is 178 Å². The number of nitrogen functional groups attached to an aromatic ring is 1. The molecule has 150 valence electrons. The van der Waals surface area contributed by atoms with Crippen molar-refractivity contribution in [2.24, 2.45) is 11.5 Å². The Morgan fingerprint density at radius 2 is 1.73 bits per heavy atom. The van der Waals surface area contributed by atoms with Gasteiger partial charge in [0.05, 0.1) is 10.7 Å². The summed E-state index contributed by atoms with van der Waals surface area (Å²) in [6.07, 6.45) is 0. The van der Waals surface area contributed by atoms with Gasteiger partial charge in [0.25, 0.3) is 0 Å². The van der Waals surface area contributed by atoms with E-state index in [2.05, 4.69) is 0 Å². The maximum atomic E-state index is 13.5. The minimum atomic E-state index is -1.35. The highest BCUT2D eigenvalue weighted by atomic mass is 32.1. The first-order chi connectivity index (χ1) is 14.4. The van der Waals surface area contributed by atoms with E-state index in [1.807, 2.05) is 73.0 Å². The van der Waals surface area contributed by atoms with Crippen molar-refractivity contribution in [3.63, 3.8) is 0 Å². The third kappa shape index (κ3) is 2.58. The summed E-state index contributed by atoms with van der Waals surface area (Å²) in [6, 6.07) is 18.0. The summed E-state index contributed by atoms with van der Waals surface area (Å²) in [5.41, 5.74) is 21.8. The van der Waals surface area contributed by atoms with E-state index in [9.17, 15) is 4.79 Å². The minimum Gasteiger partial charge on any atom is -0.457 e. The van der Waals surface area contributed by atoms with Crippen LogP contribution in [0, 0.1) is 6.92 Å². The van der Waals surface area contributed by atoms with Crippen LogP contribution < -0.4 is 21.9 Å². The Kier molecular flexibility index (Phi) is 4.18. The van der Waals surface area contributed by atoms with Gasteiger partial charge in [-0.3, -0.25) is 4.79 Å². The van der Waals surface area contributed by atoms with Gasteiger partial charge in [0.15, 0.2) is 5.78 Å². The van der Waals surface area contributed by atoms with Crippen LogP contribution >= 0.6 is 11.3 Å². The summed E-state index contributed by atoms with van der Waals surface area (Å²) in [6.45, 7) is 1.93. The molecule has 3 aromatic carbocycles. The largest absolute Gasteiger partial charge is 0.457 e. The summed E-state index contributed by atoms with van der Waals surface area (Å²) >= 11 is 1.50. The van der Waals surface area contributed by atoms with E-state index >= 15 is 0 Å². The highest BCUT2D eigenvalue weighted by Crippen LogP contribution is 2.48. The zero-order chi connectivity index (χ0) is 21.0. The Bertz CT molecular complexity index is 1300. The van der Waals surface area contributed by atoms with Crippen LogP contribution in [-0.2, 0) is 10.3 Å². The molecule has 0 bridgehead atoms. The molecule has 0 saturated heterocycles. The van der Waals surface area contributed by atoms with E-state index in [1.54, 1.807) is 0 Å². The molecule has 1 aromatic heterocycles. The van der Waals surface area contributed by atoms with Crippen molar-refractivity contribution in [3.05, 3.63) is 88.3 Å². The number of thiophene rings is 1. The number of aryl methyl sites for hydroxylation is 1. The quantitative estimate of drug-likeness (QED) is 0.431. The summed E-state index contributed by atoms with van der Waals surface area (Å²) < 4.78 is 6.85. The highest BCUT2D eigenvalue weighted by Gasteiger charge is 2.47. The lowest BCUT2D eigenvalue weighted by Crippen LogP contribution is -2.52. The SMILES string of the molecule is Cc1cc(Oc2ccccc2)ccc1C1(N)C(=O)C(N)c2csc3c(N)ccc1c23. The first-order valence-corrected chi connectivity index (χ1v) is 10.5. The molecule has 0 radical (unpaired) electrons. The number of hydrogen-bond donors (Lipinski definition) is 3. The zero-order valence-electron chi connectivity index (χ0n) is 16.4. The molecule has 0 amide bonds. The fraction of sp³-hybridized carbons (Fsp3) is 0.125. The molecule has 30 heavy (non-hydrogen) atoms. The van der Waals surface area contributed by atoms with E-state index in [4.69, 9.17) is 21.9 Å². The van der Waals surface area contributed by atoms with Crippen LogP contribution in [0.25, 0.3) is 10.1 Å². The molecule has 0 fully saturated rings. The molecule has 1 aliphatic rings. The van der Waals surface area contributed by atoms with E-state index in [1.165, 1.54) is 11.3 Å². The molecule has 1 aliphatic carbocycles. The van der Waals surface area contributed by atoms with E-state index in [0.29, 0.717) is 17.0 Å². The van der Waals surface area contributed by atoms with E-state index in [-0.39, 0.29) is 5.78 Å². The summed E-state index contributed by atoms with van der Waals surface area (Å²) in [5.74, 6) is 1.20. The first-order valence-electron chi connectivity index (χ1n) is 9.64. The lowest BCUT2D eigenvalue weighted by Gasteiger charge is -2.37. The minimum absolute atomic E-state index is 0.223. The Hall–Kier alpha value is -3.19. The average Bonchev–Trinajstić information content (AvgIpc) is 3.19. The Morgan fingerprint density at radius 3 is 2.47 bits per heavy atom. The van der Waals surface area contributed by atoms with Crippen LogP contribution in [0.15, 0.2) is 66.0 Å². The number of hydrogen-bond acceptors (Lipinski definition) is 6. The second-order valence-corrected chi connectivity index (χ2v) is 8.52. The highest BCUT2D eigenvalue weighted by molar-refractivity contribution is 7.18. The summed E-state index contributed by atoms with van der Waals surface area (Å²) in [4.78, 5) is 13.5. The smallest absolute Gasteiger partial charge is 0.182 e. The fourth-order valence-corrected chi connectivity index (χ4v) is 5.37. The van der Waals surface area contributed by atoms with Crippen LogP contribution in [0.5, 0.6) is 11.5 Å². The number of ether oxygens (including phenoxy) is 1. The molecule has 4 aromatic rings. The number of carbonyl (C=O) groups excluding carboxylic acids is 1. The van der Waals surface area contributed by atoms with Gasteiger partial charge in [-0.1, -0.05) is 30.3 Å². The molecule has 2 unspecified atom stereocenters. The van der Waals surface area contributed by atoms with Crippen LogP contribution in [0.2, 0.25) is 0 Å². The molecule has 0 saturated carbocycles. The fourth-order valence-electron chi connectivity index (χ4n) is 4.31. The van der Waals surface area contributed by atoms with Crippen molar-refractivity contribution in [1.29, 1.82) is 0 Å². The van der Waals surface area contributed by atoms with Crippen molar-refractivity contribution in [2.45, 2.75) is 18.5 Å². The standard InChI is InChI=1S/C24H21N3O2S/c1-13-11-15(29-14-5-3-2-4-6-14)7-8-17(13)24(27)18-9-10-19(25)22-20(18)16(12-30-22)21(26)23(24)28/h2-12,21H,25-27H2,1H3. The van der Waals surface area contributed by atoms with Gasteiger partial charge in [-0.25, -0.2) is 0 Å². The molecule has 0 aliphatic heterocycles. The van der Waals surface area contributed by atoms with Gasteiger partial charge < -0.3 is 21.9 Å². The van der Waals surface area contributed by atoms with Gasteiger partial charge in [-0.2, -0.15) is 0 Å². The number of Topliss-reactive ketones (excluding diaryl/α,β-unsaturated/α-hetero) is 1. The van der Waals surface area contributed by atoms with Gasteiger partial charge in [0.1, 0.15) is 17.0 Å². The lowest BCUT2D eigenvalue weighted by atomic mass is 9.70. The molecular weight excluding hydrogens is 394 g/mol. The van der Waals surface area contributed by atoms with Crippen LogP contribution in [0.4, 0.5) is 5.69 Å². The summed E-state index contributed by atoms with van der Waals surface area (Å²) in [7, 11) is 0. The number of ketones is 1. The number of benzene rings is 3. The average molecular weight is 416 g/mol. The zero-order valence-corrected chi connectivity index (χ0v) is 17.2. The van der Waals surface area contributed by atoms with Gasteiger partial charge in [-0.15, -0.1) is 11.3 Å². The van der Waals surface area contributed by atoms with Gasteiger partial charge in [-0.05, 0) is 64.9 Å². The monoisotopic (exact) mass is 415 g/mol. The number of para-hydroxylation sites is 1. The second-order valence-electron chi connectivity index (χ2n) is 7.64. The molecule has 6 N–H and O–H groups in total. The summed E-state index contributed by atoms with van der Waals surface area (Å²) in [5, 5.41) is 2.81. The maximum Gasteiger partial charge on any atom is 0.182 e. The van der Waals surface area contributed by atoms with Crippen molar-refractivity contribution < 1.29 is 9.53 Å². The number of rotatable bonds is 3. The van der Waals surface area contributed by atoms with E-state index < -0.39 is 11.6 Å². The second kappa shape index (κ2) is 6.67. The van der Waals surface area contributed by atoms with Gasteiger partial charge in [0.2, 0.25) is 0 Å². The third-order valence-corrected chi connectivity index (χ3v) is 6.86. The number of carbonyl (C=O) groups is 1. The van der Waals surface area contributed by atoms with Gasteiger partial charge >= 0.3 is 0 Å². The predicted octanol–water partition coefficient (Wildman–Crippen LogP) is 4.37. The molecule has 5 nitrogen and oxygen atoms in total. The van der Waals surface area contributed by atoms with Crippen molar-refractivity contribution in [2.75, 3.05) is 5.73 Å². The van der Waals surface area contributed by atoms with Crippen molar-refractivity contribution >= 4 is 32.9 Å². The van der Waals surface area contributed by atoms with Crippen LogP contribution in [0.1, 0.15) is 28.3 Å². The topological polar surface area (TPSA) is 104 Å². The van der Waals surface area contributed by atoms with Gasteiger partial charge in [0, 0.05) is 11.1 Å².